The predicted molar refractivity (Wildman–Crippen MR) is 82.2 cm³/mol. The third-order valence-electron chi connectivity index (χ3n) is 3.83. The van der Waals surface area contributed by atoms with Crippen LogP contribution in [0.25, 0.3) is 0 Å². The fraction of sp³-hybridized carbons (Fsp3) is 0.571. The van der Waals surface area contributed by atoms with Gasteiger partial charge in [-0.25, -0.2) is 12.7 Å². The molecule has 0 saturated carbocycles. The maximum Gasteiger partial charge on any atom is 0.211 e. The zero-order valence-electron chi connectivity index (χ0n) is 12.1. The van der Waals surface area contributed by atoms with Crippen LogP contribution in [0.1, 0.15) is 18.4 Å². The van der Waals surface area contributed by atoms with E-state index in [4.69, 9.17) is 5.73 Å². The van der Waals surface area contributed by atoms with Crippen LogP contribution in [0.5, 0.6) is 0 Å². The van der Waals surface area contributed by atoms with Crippen LogP contribution in [0.2, 0.25) is 0 Å². The fourth-order valence-corrected chi connectivity index (χ4v) is 2.82. The molecule has 0 radical (unpaired) electrons. The van der Waals surface area contributed by atoms with Crippen molar-refractivity contribution in [2.45, 2.75) is 25.4 Å². The standard InChI is InChI=1S/C14H23N3O2S/c1-16(20(2,18)19)11-12-5-3-4-6-14(12)17-9-7-13(15)8-10-17/h3-6,13H,7-11,15H2,1-2H3. The Labute approximate surface area is 121 Å². The molecule has 2 rings (SSSR count). The van der Waals surface area contributed by atoms with Crippen LogP contribution >= 0.6 is 0 Å². The lowest BCUT2D eigenvalue weighted by Gasteiger charge is -2.33. The Morgan fingerprint density at radius 1 is 1.30 bits per heavy atom. The molecule has 0 spiro atoms. The van der Waals surface area contributed by atoms with Gasteiger partial charge in [0, 0.05) is 38.4 Å². The van der Waals surface area contributed by atoms with E-state index >= 15 is 0 Å². The highest BCUT2D eigenvalue weighted by Gasteiger charge is 2.20. The second-order valence-electron chi connectivity index (χ2n) is 5.47. The van der Waals surface area contributed by atoms with Gasteiger partial charge in [0.25, 0.3) is 0 Å². The van der Waals surface area contributed by atoms with Crippen molar-refractivity contribution in [3.05, 3.63) is 29.8 Å². The molecule has 5 nitrogen and oxygen atoms in total. The summed E-state index contributed by atoms with van der Waals surface area (Å²) >= 11 is 0. The summed E-state index contributed by atoms with van der Waals surface area (Å²) in [7, 11) is -1.55. The number of rotatable bonds is 4. The van der Waals surface area contributed by atoms with E-state index in [1.807, 2.05) is 18.2 Å². The van der Waals surface area contributed by atoms with Gasteiger partial charge in [0.15, 0.2) is 0 Å². The summed E-state index contributed by atoms with van der Waals surface area (Å²) in [6.07, 6.45) is 3.20. The number of hydrogen-bond donors (Lipinski definition) is 1. The molecule has 0 aliphatic carbocycles. The van der Waals surface area contributed by atoms with Gasteiger partial charge in [-0.1, -0.05) is 18.2 Å². The molecule has 1 aliphatic heterocycles. The first kappa shape index (κ1) is 15.3. The zero-order chi connectivity index (χ0) is 14.8. The number of para-hydroxylation sites is 1. The Kier molecular flexibility index (Phi) is 4.67. The van der Waals surface area contributed by atoms with Crippen LogP contribution in [0.4, 0.5) is 5.69 Å². The summed E-state index contributed by atoms with van der Waals surface area (Å²) in [5.74, 6) is 0. The Morgan fingerprint density at radius 2 is 1.90 bits per heavy atom. The highest BCUT2D eigenvalue weighted by atomic mass is 32.2. The van der Waals surface area contributed by atoms with Gasteiger partial charge in [0.2, 0.25) is 10.0 Å². The van der Waals surface area contributed by atoms with E-state index in [0.717, 1.165) is 37.2 Å². The molecule has 0 aromatic heterocycles. The fourth-order valence-electron chi connectivity index (χ4n) is 2.45. The molecule has 0 amide bonds. The lowest BCUT2D eigenvalue weighted by Crippen LogP contribution is -2.40. The van der Waals surface area contributed by atoms with Crippen LogP contribution in [-0.2, 0) is 16.6 Å². The number of nitrogens with zero attached hydrogens (tertiary/aromatic N) is 2. The van der Waals surface area contributed by atoms with Crippen molar-refractivity contribution < 1.29 is 8.42 Å². The summed E-state index contributed by atoms with van der Waals surface area (Å²) in [4.78, 5) is 2.30. The predicted octanol–water partition coefficient (Wildman–Crippen LogP) is 1.01. The largest absolute Gasteiger partial charge is 0.371 e. The first-order chi connectivity index (χ1) is 9.38. The normalized spacial score (nSPS) is 17.7. The maximum atomic E-state index is 11.6. The average Bonchev–Trinajstić information content (AvgIpc) is 2.39. The van der Waals surface area contributed by atoms with Gasteiger partial charge in [-0.2, -0.15) is 0 Å². The molecule has 0 unspecified atom stereocenters. The Bertz CT molecular complexity index is 551. The van der Waals surface area contributed by atoms with Crippen molar-refractivity contribution in [3.8, 4) is 0 Å². The van der Waals surface area contributed by atoms with E-state index in [-0.39, 0.29) is 6.04 Å². The highest BCUT2D eigenvalue weighted by Crippen LogP contribution is 2.25. The molecule has 2 N–H and O–H groups in total. The minimum atomic E-state index is -3.16. The molecule has 1 fully saturated rings. The molecule has 0 bridgehead atoms. The summed E-state index contributed by atoms with van der Waals surface area (Å²) in [6.45, 7) is 2.26. The maximum absolute atomic E-state index is 11.6. The van der Waals surface area contributed by atoms with E-state index in [1.54, 1.807) is 7.05 Å². The van der Waals surface area contributed by atoms with E-state index in [9.17, 15) is 8.42 Å². The second kappa shape index (κ2) is 6.11. The number of sulfonamides is 1. The number of hydrogen-bond acceptors (Lipinski definition) is 4. The lowest BCUT2D eigenvalue weighted by atomic mass is 10.0. The summed E-state index contributed by atoms with van der Waals surface area (Å²) < 4.78 is 24.5. The van der Waals surface area contributed by atoms with Crippen LogP contribution in [-0.4, -0.2) is 45.2 Å². The molecule has 1 saturated heterocycles. The minimum absolute atomic E-state index is 0.289. The molecule has 1 aromatic carbocycles. The molecule has 112 valence electrons. The first-order valence-corrected chi connectivity index (χ1v) is 8.72. The second-order valence-corrected chi connectivity index (χ2v) is 7.56. The van der Waals surface area contributed by atoms with Crippen molar-refractivity contribution in [3.63, 3.8) is 0 Å². The van der Waals surface area contributed by atoms with Crippen molar-refractivity contribution in [2.75, 3.05) is 31.3 Å². The van der Waals surface area contributed by atoms with Gasteiger partial charge < -0.3 is 10.6 Å². The first-order valence-electron chi connectivity index (χ1n) is 6.87. The molecule has 1 heterocycles. The van der Waals surface area contributed by atoms with Crippen molar-refractivity contribution in [2.24, 2.45) is 5.73 Å². The van der Waals surface area contributed by atoms with E-state index in [0.29, 0.717) is 6.54 Å². The minimum Gasteiger partial charge on any atom is -0.371 e. The monoisotopic (exact) mass is 297 g/mol. The summed E-state index contributed by atoms with van der Waals surface area (Å²) in [5, 5.41) is 0. The van der Waals surface area contributed by atoms with Gasteiger partial charge in [-0.05, 0) is 24.5 Å². The van der Waals surface area contributed by atoms with Gasteiger partial charge in [-0.15, -0.1) is 0 Å². The molecule has 1 aromatic rings. The topological polar surface area (TPSA) is 66.6 Å². The van der Waals surface area contributed by atoms with Gasteiger partial charge >= 0.3 is 0 Å². The van der Waals surface area contributed by atoms with Gasteiger partial charge in [-0.3, -0.25) is 0 Å². The number of nitrogens with two attached hydrogens (primary N) is 1. The summed E-state index contributed by atoms with van der Waals surface area (Å²) in [5.41, 5.74) is 8.09. The highest BCUT2D eigenvalue weighted by molar-refractivity contribution is 7.88. The Morgan fingerprint density at radius 3 is 2.50 bits per heavy atom. The number of benzene rings is 1. The van der Waals surface area contributed by atoms with Gasteiger partial charge in [0.1, 0.15) is 0 Å². The van der Waals surface area contributed by atoms with Crippen molar-refractivity contribution in [1.82, 2.24) is 4.31 Å². The van der Waals surface area contributed by atoms with Crippen LogP contribution in [0.3, 0.4) is 0 Å². The van der Waals surface area contributed by atoms with Crippen molar-refractivity contribution in [1.29, 1.82) is 0 Å². The van der Waals surface area contributed by atoms with E-state index in [1.165, 1.54) is 10.6 Å². The molecule has 20 heavy (non-hydrogen) atoms. The quantitative estimate of drug-likeness (QED) is 0.900. The summed E-state index contributed by atoms with van der Waals surface area (Å²) in [6, 6.07) is 8.28. The van der Waals surface area contributed by atoms with Crippen LogP contribution in [0, 0.1) is 0 Å². The molecule has 1 aliphatic rings. The zero-order valence-corrected chi connectivity index (χ0v) is 12.9. The van der Waals surface area contributed by atoms with Gasteiger partial charge in [0.05, 0.1) is 6.26 Å². The SMILES string of the molecule is CN(Cc1ccccc1N1CCC(N)CC1)S(C)(=O)=O. The third kappa shape index (κ3) is 3.71. The van der Waals surface area contributed by atoms with Crippen LogP contribution in [0.15, 0.2) is 24.3 Å². The Balaban J connectivity index is 2.18. The molecular weight excluding hydrogens is 274 g/mol. The average molecular weight is 297 g/mol. The molecule has 0 atom stereocenters. The third-order valence-corrected chi connectivity index (χ3v) is 5.09. The number of piperidine rings is 1. The van der Waals surface area contributed by atoms with Crippen LogP contribution < -0.4 is 10.6 Å². The van der Waals surface area contributed by atoms with E-state index < -0.39 is 10.0 Å². The number of anilines is 1. The molecular formula is C14H23N3O2S. The van der Waals surface area contributed by atoms with Crippen molar-refractivity contribution >= 4 is 15.7 Å². The lowest BCUT2D eigenvalue weighted by molar-refractivity contribution is 0.468. The smallest absolute Gasteiger partial charge is 0.211 e. The Hall–Kier alpha value is -1.11. The van der Waals surface area contributed by atoms with E-state index in [2.05, 4.69) is 11.0 Å². The molecule has 6 heteroatoms.